The predicted octanol–water partition coefficient (Wildman–Crippen LogP) is 3.23. The van der Waals surface area contributed by atoms with Crippen LogP contribution < -0.4 is 10.2 Å². The Morgan fingerprint density at radius 3 is 2.29 bits per heavy atom. The molecule has 1 amide bonds. The van der Waals surface area contributed by atoms with E-state index >= 15 is 0 Å². The lowest BCUT2D eigenvalue weighted by Crippen LogP contribution is -2.39. The molecule has 1 saturated heterocycles. The molecule has 166 valence electrons. The number of Topliss-reactive ketones (excluding diaryl/α,β-unsaturated/α-hetero) is 1. The molecule has 2 aromatic heterocycles. The third kappa shape index (κ3) is 4.92. The van der Waals surface area contributed by atoms with Crippen molar-refractivity contribution in [2.75, 3.05) is 29.9 Å². The number of furan rings is 1. The van der Waals surface area contributed by atoms with Crippen LogP contribution in [0.15, 0.2) is 10.5 Å². The molecular weight excluding hydrogens is 400 g/mol. The Labute approximate surface area is 181 Å². The molecule has 0 atom stereocenters. The van der Waals surface area contributed by atoms with Gasteiger partial charge in [0, 0.05) is 30.4 Å². The van der Waals surface area contributed by atoms with Crippen LogP contribution in [0.25, 0.3) is 0 Å². The number of esters is 1. The molecule has 0 radical (unpaired) electrons. The Balaban J connectivity index is 1.72. The quantitative estimate of drug-likeness (QED) is 0.551. The molecule has 0 saturated carbocycles. The van der Waals surface area contributed by atoms with Gasteiger partial charge in [-0.25, -0.2) is 14.8 Å². The maximum absolute atomic E-state index is 12.9. The molecule has 31 heavy (non-hydrogen) atoms. The summed E-state index contributed by atoms with van der Waals surface area (Å²) in [6, 6.07) is 1.92. The van der Waals surface area contributed by atoms with Crippen molar-refractivity contribution in [2.45, 2.75) is 47.5 Å². The third-order valence-corrected chi connectivity index (χ3v) is 5.27. The van der Waals surface area contributed by atoms with Gasteiger partial charge in [-0.3, -0.25) is 14.9 Å². The molecule has 1 N–H and O–H groups in total. The number of ether oxygens (including phenoxy) is 1. The van der Waals surface area contributed by atoms with Gasteiger partial charge in [-0.05, 0) is 53.5 Å². The largest absolute Gasteiger partial charge is 0.462 e. The highest BCUT2D eigenvalue weighted by atomic mass is 16.5. The SMILES string of the molecule is CCOC(=O)c1c(NC(=O)C2CCN(c3nc(C)cc(C)n3)CC2)oc(C)c1C(C)=O. The zero-order valence-electron chi connectivity index (χ0n) is 18.6. The van der Waals surface area contributed by atoms with Crippen molar-refractivity contribution < 1.29 is 23.5 Å². The van der Waals surface area contributed by atoms with Gasteiger partial charge in [0.15, 0.2) is 5.78 Å². The number of carbonyl (C=O) groups excluding carboxylic acids is 3. The first-order chi connectivity index (χ1) is 14.7. The van der Waals surface area contributed by atoms with E-state index in [2.05, 4.69) is 20.2 Å². The predicted molar refractivity (Wildman–Crippen MR) is 114 cm³/mol. The lowest BCUT2D eigenvalue weighted by atomic mass is 9.96. The second-order valence-electron chi connectivity index (χ2n) is 7.72. The number of amides is 1. The van der Waals surface area contributed by atoms with Crippen LogP contribution in [-0.4, -0.2) is 47.3 Å². The number of ketones is 1. The van der Waals surface area contributed by atoms with Crippen molar-refractivity contribution in [2.24, 2.45) is 5.92 Å². The van der Waals surface area contributed by atoms with E-state index in [9.17, 15) is 14.4 Å². The molecule has 0 spiro atoms. The number of piperidine rings is 1. The zero-order valence-corrected chi connectivity index (χ0v) is 18.6. The summed E-state index contributed by atoms with van der Waals surface area (Å²) in [5.74, 6) is -0.625. The lowest BCUT2D eigenvalue weighted by Gasteiger charge is -2.31. The van der Waals surface area contributed by atoms with E-state index in [0.29, 0.717) is 31.9 Å². The first kappa shape index (κ1) is 22.5. The van der Waals surface area contributed by atoms with Crippen LogP contribution >= 0.6 is 0 Å². The van der Waals surface area contributed by atoms with E-state index in [4.69, 9.17) is 9.15 Å². The normalized spacial score (nSPS) is 14.4. The smallest absolute Gasteiger partial charge is 0.344 e. The van der Waals surface area contributed by atoms with Gasteiger partial charge in [-0.15, -0.1) is 0 Å². The van der Waals surface area contributed by atoms with E-state index in [1.165, 1.54) is 6.92 Å². The maximum Gasteiger partial charge on any atom is 0.344 e. The molecule has 1 aliphatic rings. The Morgan fingerprint density at radius 1 is 1.13 bits per heavy atom. The minimum atomic E-state index is -0.693. The van der Waals surface area contributed by atoms with Crippen LogP contribution in [-0.2, 0) is 9.53 Å². The molecule has 0 aliphatic carbocycles. The van der Waals surface area contributed by atoms with E-state index < -0.39 is 5.97 Å². The monoisotopic (exact) mass is 428 g/mol. The Hall–Kier alpha value is -3.23. The summed E-state index contributed by atoms with van der Waals surface area (Å²) < 4.78 is 10.6. The number of hydrogen-bond donors (Lipinski definition) is 1. The van der Waals surface area contributed by atoms with Crippen molar-refractivity contribution in [3.63, 3.8) is 0 Å². The molecule has 2 aromatic rings. The van der Waals surface area contributed by atoms with Gasteiger partial charge >= 0.3 is 5.97 Å². The highest BCUT2D eigenvalue weighted by molar-refractivity contribution is 6.10. The number of anilines is 2. The first-order valence-electron chi connectivity index (χ1n) is 10.4. The second-order valence-corrected chi connectivity index (χ2v) is 7.72. The Kier molecular flexibility index (Phi) is 6.72. The van der Waals surface area contributed by atoms with Gasteiger partial charge in [0.25, 0.3) is 0 Å². The minimum absolute atomic E-state index is 0.0266. The van der Waals surface area contributed by atoms with Crippen LogP contribution in [0.4, 0.5) is 11.8 Å². The van der Waals surface area contributed by atoms with Crippen molar-refractivity contribution in [3.05, 3.63) is 34.3 Å². The molecular formula is C22H28N4O5. The minimum Gasteiger partial charge on any atom is -0.462 e. The highest BCUT2D eigenvalue weighted by Gasteiger charge is 2.32. The fourth-order valence-electron chi connectivity index (χ4n) is 3.86. The van der Waals surface area contributed by atoms with Crippen molar-refractivity contribution in [3.8, 4) is 0 Å². The van der Waals surface area contributed by atoms with Gasteiger partial charge in [0.1, 0.15) is 11.3 Å². The van der Waals surface area contributed by atoms with E-state index in [-0.39, 0.29) is 47.0 Å². The van der Waals surface area contributed by atoms with Crippen LogP contribution in [0.5, 0.6) is 0 Å². The summed E-state index contributed by atoms with van der Waals surface area (Å²) in [7, 11) is 0. The van der Waals surface area contributed by atoms with E-state index in [1.54, 1.807) is 13.8 Å². The van der Waals surface area contributed by atoms with Crippen LogP contribution in [0, 0.1) is 26.7 Å². The average molecular weight is 428 g/mol. The number of nitrogens with one attached hydrogen (secondary N) is 1. The van der Waals surface area contributed by atoms with Crippen LogP contribution in [0.1, 0.15) is 64.6 Å². The standard InChI is InChI=1S/C22H28N4O5/c1-6-30-21(29)18-17(14(4)27)15(5)31-20(18)25-19(28)16-7-9-26(10-8-16)22-23-12(2)11-13(3)24-22/h11,16H,6-10H2,1-5H3,(H,25,28). The molecule has 1 fully saturated rings. The summed E-state index contributed by atoms with van der Waals surface area (Å²) in [5.41, 5.74) is 1.92. The molecule has 3 rings (SSSR count). The summed E-state index contributed by atoms with van der Waals surface area (Å²) in [4.78, 5) is 48.4. The summed E-state index contributed by atoms with van der Waals surface area (Å²) in [5, 5.41) is 2.70. The number of hydrogen-bond acceptors (Lipinski definition) is 8. The number of nitrogens with zero attached hydrogens (tertiary/aromatic N) is 3. The number of aryl methyl sites for hydroxylation is 3. The molecule has 9 nitrogen and oxygen atoms in total. The Bertz CT molecular complexity index is 985. The molecule has 0 aromatic carbocycles. The molecule has 0 unspecified atom stereocenters. The van der Waals surface area contributed by atoms with Crippen molar-refractivity contribution in [1.82, 2.24) is 9.97 Å². The van der Waals surface area contributed by atoms with Crippen LogP contribution in [0.2, 0.25) is 0 Å². The maximum atomic E-state index is 12.9. The van der Waals surface area contributed by atoms with Gasteiger partial charge < -0.3 is 14.1 Å². The lowest BCUT2D eigenvalue weighted by molar-refractivity contribution is -0.120. The van der Waals surface area contributed by atoms with Gasteiger partial charge in [0.2, 0.25) is 17.7 Å². The van der Waals surface area contributed by atoms with E-state index in [0.717, 1.165) is 11.4 Å². The third-order valence-electron chi connectivity index (χ3n) is 5.27. The summed E-state index contributed by atoms with van der Waals surface area (Å²) in [6.45, 7) is 9.88. The van der Waals surface area contributed by atoms with Crippen molar-refractivity contribution >= 4 is 29.5 Å². The van der Waals surface area contributed by atoms with E-state index in [1.807, 2.05) is 19.9 Å². The van der Waals surface area contributed by atoms with Gasteiger partial charge in [0.05, 0.1) is 12.2 Å². The van der Waals surface area contributed by atoms with Gasteiger partial charge in [-0.2, -0.15) is 0 Å². The summed E-state index contributed by atoms with van der Waals surface area (Å²) >= 11 is 0. The first-order valence-corrected chi connectivity index (χ1v) is 10.4. The zero-order chi connectivity index (χ0) is 22.7. The van der Waals surface area contributed by atoms with Crippen molar-refractivity contribution in [1.29, 1.82) is 0 Å². The number of carbonyl (C=O) groups is 3. The van der Waals surface area contributed by atoms with Crippen LogP contribution in [0.3, 0.4) is 0 Å². The average Bonchev–Trinajstić information content (AvgIpc) is 3.03. The fraction of sp³-hybridized carbons (Fsp3) is 0.500. The number of aromatic nitrogens is 2. The topological polar surface area (TPSA) is 115 Å². The number of rotatable bonds is 6. The molecule has 3 heterocycles. The Morgan fingerprint density at radius 2 is 1.74 bits per heavy atom. The molecule has 9 heteroatoms. The van der Waals surface area contributed by atoms with Gasteiger partial charge in [-0.1, -0.05) is 0 Å². The highest BCUT2D eigenvalue weighted by Crippen LogP contribution is 2.30. The summed E-state index contributed by atoms with van der Waals surface area (Å²) in [6.07, 6.45) is 1.21. The molecule has 1 aliphatic heterocycles. The second kappa shape index (κ2) is 9.28. The fourth-order valence-corrected chi connectivity index (χ4v) is 3.86. The molecule has 0 bridgehead atoms.